The Morgan fingerprint density at radius 3 is 2.76 bits per heavy atom. The van der Waals surface area contributed by atoms with Crippen molar-refractivity contribution in [3.8, 4) is 0 Å². The second-order valence-corrected chi connectivity index (χ2v) is 4.06. The van der Waals surface area contributed by atoms with E-state index in [0.29, 0.717) is 16.4 Å². The molecule has 86 valence electrons. The van der Waals surface area contributed by atoms with Crippen molar-refractivity contribution in [2.24, 2.45) is 0 Å². The van der Waals surface area contributed by atoms with E-state index in [-0.39, 0.29) is 5.78 Å². The highest BCUT2D eigenvalue weighted by atomic mass is 35.5. The molecule has 0 aliphatic carbocycles. The predicted octanol–water partition coefficient (Wildman–Crippen LogP) is 3.68. The number of aromatic nitrogens is 1. The smallest absolute Gasteiger partial charge is 0.159 e. The number of carbonyl (C=O) groups is 1. The fourth-order valence-electron chi connectivity index (χ4n) is 1.45. The molecule has 1 aromatic heterocycles. The van der Waals surface area contributed by atoms with Crippen LogP contribution in [0.2, 0.25) is 5.02 Å². The number of ketones is 1. The molecule has 17 heavy (non-hydrogen) atoms. The van der Waals surface area contributed by atoms with Crippen LogP contribution in [0.1, 0.15) is 17.3 Å². The number of nitrogens with one attached hydrogen (secondary N) is 1. The highest BCUT2D eigenvalue weighted by Gasteiger charge is 2.04. The summed E-state index contributed by atoms with van der Waals surface area (Å²) in [6, 6.07) is 10.7. The average Bonchev–Trinajstić information content (AvgIpc) is 2.29. The fourth-order valence-corrected chi connectivity index (χ4v) is 1.68. The maximum atomic E-state index is 11.3. The molecular formula is C13H11ClN2O. The molecule has 0 radical (unpaired) electrons. The van der Waals surface area contributed by atoms with Gasteiger partial charge in [0.05, 0.1) is 0 Å². The van der Waals surface area contributed by atoms with Gasteiger partial charge in [0.1, 0.15) is 5.82 Å². The van der Waals surface area contributed by atoms with Crippen molar-refractivity contribution in [1.29, 1.82) is 0 Å². The van der Waals surface area contributed by atoms with Crippen molar-refractivity contribution in [3.05, 3.63) is 53.2 Å². The molecule has 4 heteroatoms. The molecule has 0 saturated heterocycles. The Labute approximate surface area is 104 Å². The molecule has 0 aliphatic heterocycles. The van der Waals surface area contributed by atoms with Gasteiger partial charge < -0.3 is 5.32 Å². The molecule has 0 spiro atoms. The Kier molecular flexibility index (Phi) is 3.40. The molecule has 1 aromatic carbocycles. The zero-order chi connectivity index (χ0) is 12.3. The largest absolute Gasteiger partial charge is 0.340 e. The van der Waals surface area contributed by atoms with Gasteiger partial charge in [0.2, 0.25) is 0 Å². The second kappa shape index (κ2) is 4.97. The zero-order valence-corrected chi connectivity index (χ0v) is 10.0. The van der Waals surface area contributed by atoms with E-state index in [1.54, 1.807) is 24.4 Å². The van der Waals surface area contributed by atoms with Gasteiger partial charge >= 0.3 is 0 Å². The Morgan fingerprint density at radius 2 is 2.12 bits per heavy atom. The summed E-state index contributed by atoms with van der Waals surface area (Å²) in [5.41, 5.74) is 1.33. The lowest BCUT2D eigenvalue weighted by molar-refractivity contribution is 0.101. The van der Waals surface area contributed by atoms with Crippen LogP contribution >= 0.6 is 11.6 Å². The van der Waals surface area contributed by atoms with E-state index in [2.05, 4.69) is 10.3 Å². The lowest BCUT2D eigenvalue weighted by Crippen LogP contribution is -1.97. The molecule has 2 aromatic rings. The van der Waals surface area contributed by atoms with E-state index >= 15 is 0 Å². The van der Waals surface area contributed by atoms with Crippen molar-refractivity contribution in [2.75, 3.05) is 5.32 Å². The first-order chi connectivity index (χ1) is 8.15. The van der Waals surface area contributed by atoms with Crippen LogP contribution < -0.4 is 5.32 Å². The Morgan fingerprint density at radius 1 is 1.29 bits per heavy atom. The Hall–Kier alpha value is -1.87. The standard InChI is InChI=1S/C13H11ClN2O/c1-9(17)10-6-11(14)8-12(7-10)16-13-4-2-3-5-15-13/h2-8H,1H3,(H,15,16). The number of Topliss-reactive ketones (excluding diaryl/α,β-unsaturated/α-hetero) is 1. The molecule has 0 amide bonds. The number of pyridine rings is 1. The number of carbonyl (C=O) groups excluding carboxylic acids is 1. The van der Waals surface area contributed by atoms with Crippen LogP contribution in [0.3, 0.4) is 0 Å². The lowest BCUT2D eigenvalue weighted by Gasteiger charge is -2.07. The van der Waals surface area contributed by atoms with Crippen molar-refractivity contribution < 1.29 is 4.79 Å². The van der Waals surface area contributed by atoms with E-state index in [9.17, 15) is 4.79 Å². The van der Waals surface area contributed by atoms with Gasteiger partial charge in [0, 0.05) is 22.5 Å². The topological polar surface area (TPSA) is 42.0 Å². The quantitative estimate of drug-likeness (QED) is 0.840. The molecular weight excluding hydrogens is 236 g/mol. The van der Waals surface area contributed by atoms with Crippen molar-refractivity contribution in [3.63, 3.8) is 0 Å². The molecule has 1 heterocycles. The number of hydrogen-bond donors (Lipinski definition) is 1. The molecule has 0 unspecified atom stereocenters. The number of benzene rings is 1. The Bertz CT molecular complexity index is 540. The summed E-state index contributed by atoms with van der Waals surface area (Å²) < 4.78 is 0. The third-order valence-corrected chi connectivity index (χ3v) is 2.46. The predicted molar refractivity (Wildman–Crippen MR) is 69.0 cm³/mol. The van der Waals surface area contributed by atoms with Crippen LogP contribution in [-0.2, 0) is 0 Å². The molecule has 0 aliphatic rings. The maximum Gasteiger partial charge on any atom is 0.159 e. The average molecular weight is 247 g/mol. The fraction of sp³-hybridized carbons (Fsp3) is 0.0769. The summed E-state index contributed by atoms with van der Waals surface area (Å²) in [5.74, 6) is 0.695. The molecule has 1 N–H and O–H groups in total. The highest BCUT2D eigenvalue weighted by Crippen LogP contribution is 2.22. The molecule has 3 nitrogen and oxygen atoms in total. The summed E-state index contributed by atoms with van der Waals surface area (Å²) in [7, 11) is 0. The van der Waals surface area contributed by atoms with Crippen LogP contribution in [0.5, 0.6) is 0 Å². The third-order valence-electron chi connectivity index (χ3n) is 2.24. The highest BCUT2D eigenvalue weighted by molar-refractivity contribution is 6.31. The number of rotatable bonds is 3. The van der Waals surface area contributed by atoms with Gasteiger partial charge in [-0.25, -0.2) is 4.98 Å². The van der Waals surface area contributed by atoms with Crippen molar-refractivity contribution >= 4 is 28.9 Å². The molecule has 0 atom stereocenters. The molecule has 2 rings (SSSR count). The van der Waals surface area contributed by atoms with Gasteiger partial charge in [-0.3, -0.25) is 4.79 Å². The van der Waals surface area contributed by atoms with Crippen molar-refractivity contribution in [2.45, 2.75) is 6.92 Å². The minimum Gasteiger partial charge on any atom is -0.340 e. The van der Waals surface area contributed by atoms with Gasteiger partial charge in [-0.05, 0) is 37.3 Å². The van der Waals surface area contributed by atoms with E-state index < -0.39 is 0 Å². The summed E-state index contributed by atoms with van der Waals surface area (Å²) >= 11 is 5.95. The molecule has 0 bridgehead atoms. The Balaban J connectivity index is 2.30. The van der Waals surface area contributed by atoms with E-state index in [4.69, 9.17) is 11.6 Å². The lowest BCUT2D eigenvalue weighted by atomic mass is 10.1. The summed E-state index contributed by atoms with van der Waals surface area (Å²) in [6.45, 7) is 1.51. The van der Waals surface area contributed by atoms with Gasteiger partial charge in [0.15, 0.2) is 5.78 Å². The van der Waals surface area contributed by atoms with Crippen LogP contribution in [0.4, 0.5) is 11.5 Å². The van der Waals surface area contributed by atoms with Crippen LogP contribution in [-0.4, -0.2) is 10.8 Å². The first-order valence-corrected chi connectivity index (χ1v) is 5.52. The van der Waals surface area contributed by atoms with E-state index in [0.717, 1.165) is 5.69 Å². The number of nitrogens with zero attached hydrogens (tertiary/aromatic N) is 1. The first kappa shape index (κ1) is 11.6. The summed E-state index contributed by atoms with van der Waals surface area (Å²) in [5, 5.41) is 3.62. The number of anilines is 2. The van der Waals surface area contributed by atoms with Crippen LogP contribution in [0.25, 0.3) is 0 Å². The number of halogens is 1. The van der Waals surface area contributed by atoms with Gasteiger partial charge in [-0.15, -0.1) is 0 Å². The SMILES string of the molecule is CC(=O)c1cc(Cl)cc(Nc2ccccn2)c1. The normalized spacial score (nSPS) is 10.0. The van der Waals surface area contributed by atoms with Crippen LogP contribution in [0, 0.1) is 0 Å². The monoisotopic (exact) mass is 246 g/mol. The molecule has 0 saturated carbocycles. The van der Waals surface area contributed by atoms with Gasteiger partial charge in [-0.1, -0.05) is 17.7 Å². The zero-order valence-electron chi connectivity index (χ0n) is 9.27. The number of hydrogen-bond acceptors (Lipinski definition) is 3. The van der Waals surface area contributed by atoms with Gasteiger partial charge in [0.25, 0.3) is 0 Å². The molecule has 0 fully saturated rings. The minimum absolute atomic E-state index is 0.0171. The van der Waals surface area contributed by atoms with Crippen molar-refractivity contribution in [1.82, 2.24) is 4.98 Å². The second-order valence-electron chi connectivity index (χ2n) is 3.62. The summed E-state index contributed by atoms with van der Waals surface area (Å²) in [4.78, 5) is 15.4. The van der Waals surface area contributed by atoms with E-state index in [1.165, 1.54) is 6.92 Å². The van der Waals surface area contributed by atoms with E-state index in [1.807, 2.05) is 18.2 Å². The maximum absolute atomic E-state index is 11.3. The summed E-state index contributed by atoms with van der Waals surface area (Å²) in [6.07, 6.45) is 1.69. The minimum atomic E-state index is -0.0171. The third kappa shape index (κ3) is 3.04. The van der Waals surface area contributed by atoms with Gasteiger partial charge in [-0.2, -0.15) is 0 Å². The first-order valence-electron chi connectivity index (χ1n) is 5.15. The van der Waals surface area contributed by atoms with Crippen LogP contribution in [0.15, 0.2) is 42.6 Å².